The maximum Gasteiger partial charge on any atom is 0.237 e. The molecule has 0 radical (unpaired) electrons. The number of nitrogens with two attached hydrogens (primary N) is 1. The highest BCUT2D eigenvalue weighted by Crippen LogP contribution is 2.23. The molecule has 100 valence electrons. The number of nitrogens with one attached hydrogen (secondary N) is 1. The Morgan fingerprint density at radius 1 is 1.29 bits per heavy atom. The average molecular weight is 240 g/mol. The van der Waals surface area contributed by atoms with Crippen molar-refractivity contribution in [3.63, 3.8) is 0 Å². The zero-order valence-corrected chi connectivity index (χ0v) is 11.4. The lowest BCUT2D eigenvalue weighted by molar-refractivity contribution is -0.124. The van der Waals surface area contributed by atoms with Crippen LogP contribution in [0.25, 0.3) is 0 Å². The fourth-order valence-electron chi connectivity index (χ4n) is 2.69. The van der Waals surface area contributed by atoms with Crippen molar-refractivity contribution in [3.8, 4) is 0 Å². The number of hydrogen-bond donors (Lipinski definition) is 2. The van der Waals surface area contributed by atoms with E-state index in [-0.39, 0.29) is 5.91 Å². The van der Waals surface area contributed by atoms with Crippen molar-refractivity contribution in [2.24, 2.45) is 5.73 Å². The van der Waals surface area contributed by atoms with Crippen LogP contribution in [0.15, 0.2) is 0 Å². The van der Waals surface area contributed by atoms with Crippen molar-refractivity contribution in [2.45, 2.75) is 83.2 Å². The first-order valence-electron chi connectivity index (χ1n) is 7.16. The first-order valence-corrected chi connectivity index (χ1v) is 7.16. The lowest BCUT2D eigenvalue weighted by Crippen LogP contribution is -2.56. The summed E-state index contributed by atoms with van der Waals surface area (Å²) in [6.07, 6.45) is 10.6. The maximum absolute atomic E-state index is 11.6. The van der Waals surface area contributed by atoms with Gasteiger partial charge in [0.15, 0.2) is 0 Å². The van der Waals surface area contributed by atoms with Gasteiger partial charge in [-0.1, -0.05) is 45.4 Å². The van der Waals surface area contributed by atoms with Crippen molar-refractivity contribution in [3.05, 3.63) is 0 Å². The number of primary amides is 1. The van der Waals surface area contributed by atoms with Crippen molar-refractivity contribution in [2.75, 3.05) is 0 Å². The van der Waals surface area contributed by atoms with Crippen LogP contribution in [0.1, 0.15) is 71.6 Å². The van der Waals surface area contributed by atoms with Crippen LogP contribution in [0.2, 0.25) is 0 Å². The van der Waals surface area contributed by atoms with E-state index < -0.39 is 5.54 Å². The van der Waals surface area contributed by atoms with Crippen LogP contribution in [0.3, 0.4) is 0 Å². The molecule has 0 aromatic rings. The molecule has 0 heterocycles. The third-order valence-electron chi connectivity index (χ3n) is 3.95. The summed E-state index contributed by atoms with van der Waals surface area (Å²) in [5, 5.41) is 3.49. The quantitative estimate of drug-likeness (QED) is 0.641. The highest BCUT2D eigenvalue weighted by Gasteiger charge is 2.33. The molecule has 0 bridgehead atoms. The molecular formula is C14H28N2O. The van der Waals surface area contributed by atoms with E-state index in [1.807, 2.05) is 6.92 Å². The minimum absolute atomic E-state index is 0.194. The molecule has 3 nitrogen and oxygen atoms in total. The molecule has 1 rings (SSSR count). The SMILES string of the molecule is CCCCCCC(C)(NC1CCCC1)C(N)=O. The number of rotatable bonds is 8. The Morgan fingerprint density at radius 3 is 2.47 bits per heavy atom. The van der Waals surface area contributed by atoms with E-state index in [1.165, 1.54) is 44.9 Å². The van der Waals surface area contributed by atoms with Gasteiger partial charge in [-0.05, 0) is 26.2 Å². The van der Waals surface area contributed by atoms with Gasteiger partial charge in [0.2, 0.25) is 5.91 Å². The molecule has 17 heavy (non-hydrogen) atoms. The standard InChI is InChI=1S/C14H28N2O/c1-3-4-5-8-11-14(2,13(15)17)16-12-9-6-7-10-12/h12,16H,3-11H2,1-2H3,(H2,15,17). The van der Waals surface area contributed by atoms with E-state index in [2.05, 4.69) is 12.2 Å². The van der Waals surface area contributed by atoms with Crippen LogP contribution in [0.4, 0.5) is 0 Å². The molecule has 1 aliphatic rings. The summed E-state index contributed by atoms with van der Waals surface area (Å²) in [7, 11) is 0. The van der Waals surface area contributed by atoms with Crippen LogP contribution >= 0.6 is 0 Å². The van der Waals surface area contributed by atoms with E-state index in [1.54, 1.807) is 0 Å². The fraction of sp³-hybridized carbons (Fsp3) is 0.929. The Bertz CT molecular complexity index is 236. The van der Waals surface area contributed by atoms with Crippen molar-refractivity contribution in [1.82, 2.24) is 5.32 Å². The van der Waals surface area contributed by atoms with Gasteiger partial charge in [0.05, 0.1) is 5.54 Å². The van der Waals surface area contributed by atoms with E-state index >= 15 is 0 Å². The third-order valence-corrected chi connectivity index (χ3v) is 3.95. The van der Waals surface area contributed by atoms with Gasteiger partial charge >= 0.3 is 0 Å². The lowest BCUT2D eigenvalue weighted by atomic mass is 9.92. The van der Waals surface area contributed by atoms with Gasteiger partial charge < -0.3 is 11.1 Å². The Morgan fingerprint density at radius 2 is 1.94 bits per heavy atom. The van der Waals surface area contributed by atoms with E-state index in [0.29, 0.717) is 6.04 Å². The molecule has 0 aromatic carbocycles. The largest absolute Gasteiger partial charge is 0.368 e. The van der Waals surface area contributed by atoms with Crippen LogP contribution < -0.4 is 11.1 Å². The molecular weight excluding hydrogens is 212 g/mol. The smallest absolute Gasteiger partial charge is 0.237 e. The third kappa shape index (κ3) is 4.66. The molecule has 1 atom stereocenters. The van der Waals surface area contributed by atoms with Gasteiger partial charge in [-0.2, -0.15) is 0 Å². The van der Waals surface area contributed by atoms with Gasteiger partial charge in [-0.3, -0.25) is 4.79 Å². The Kier molecular flexibility index (Phi) is 5.96. The van der Waals surface area contributed by atoms with Crippen molar-refractivity contribution >= 4 is 5.91 Å². The summed E-state index contributed by atoms with van der Waals surface area (Å²) in [6.45, 7) is 4.17. The molecule has 0 saturated heterocycles. The predicted octanol–water partition coefficient (Wildman–Crippen LogP) is 2.73. The normalized spacial score (nSPS) is 20.4. The lowest BCUT2D eigenvalue weighted by Gasteiger charge is -2.31. The predicted molar refractivity (Wildman–Crippen MR) is 71.8 cm³/mol. The van der Waals surface area contributed by atoms with Crippen LogP contribution in [0, 0.1) is 0 Å². The van der Waals surface area contributed by atoms with Gasteiger partial charge in [-0.15, -0.1) is 0 Å². The summed E-state index contributed by atoms with van der Waals surface area (Å²) < 4.78 is 0. The summed E-state index contributed by atoms with van der Waals surface area (Å²) in [4.78, 5) is 11.6. The van der Waals surface area contributed by atoms with E-state index in [9.17, 15) is 4.79 Å². The molecule has 1 fully saturated rings. The topological polar surface area (TPSA) is 55.1 Å². The van der Waals surface area contributed by atoms with Crippen LogP contribution in [-0.2, 0) is 4.79 Å². The number of carbonyl (C=O) groups is 1. The molecule has 0 aliphatic heterocycles. The van der Waals surface area contributed by atoms with Gasteiger partial charge in [0, 0.05) is 6.04 Å². The molecule has 3 heteroatoms. The second kappa shape index (κ2) is 7.00. The summed E-state index contributed by atoms with van der Waals surface area (Å²) in [5.74, 6) is -0.194. The average Bonchev–Trinajstić information content (AvgIpc) is 2.77. The zero-order valence-electron chi connectivity index (χ0n) is 11.4. The minimum atomic E-state index is -0.497. The Balaban J connectivity index is 2.40. The molecule has 1 amide bonds. The maximum atomic E-state index is 11.6. The Hall–Kier alpha value is -0.570. The number of carbonyl (C=O) groups excluding carboxylic acids is 1. The summed E-state index contributed by atoms with van der Waals surface area (Å²) in [5.41, 5.74) is 5.07. The molecule has 0 aromatic heterocycles. The van der Waals surface area contributed by atoms with E-state index in [4.69, 9.17) is 5.73 Å². The van der Waals surface area contributed by atoms with E-state index in [0.717, 1.165) is 12.8 Å². The molecule has 3 N–H and O–H groups in total. The second-order valence-electron chi connectivity index (χ2n) is 5.63. The second-order valence-corrected chi connectivity index (χ2v) is 5.63. The number of unbranched alkanes of at least 4 members (excludes halogenated alkanes) is 3. The first-order chi connectivity index (χ1) is 8.08. The first kappa shape index (κ1) is 14.5. The van der Waals surface area contributed by atoms with Gasteiger partial charge in [-0.25, -0.2) is 0 Å². The molecule has 1 saturated carbocycles. The van der Waals surface area contributed by atoms with Gasteiger partial charge in [0.25, 0.3) is 0 Å². The number of hydrogen-bond acceptors (Lipinski definition) is 2. The molecule has 0 spiro atoms. The minimum Gasteiger partial charge on any atom is -0.368 e. The van der Waals surface area contributed by atoms with Crippen molar-refractivity contribution < 1.29 is 4.79 Å². The highest BCUT2D eigenvalue weighted by atomic mass is 16.1. The summed E-state index contributed by atoms with van der Waals surface area (Å²) in [6, 6.07) is 0.499. The molecule has 1 aliphatic carbocycles. The van der Waals surface area contributed by atoms with Crippen LogP contribution in [0.5, 0.6) is 0 Å². The number of amides is 1. The molecule has 1 unspecified atom stereocenters. The highest BCUT2D eigenvalue weighted by molar-refractivity contribution is 5.84. The van der Waals surface area contributed by atoms with Crippen LogP contribution in [-0.4, -0.2) is 17.5 Å². The summed E-state index contributed by atoms with van der Waals surface area (Å²) >= 11 is 0. The fourth-order valence-corrected chi connectivity index (χ4v) is 2.69. The Labute approximate surface area is 106 Å². The monoisotopic (exact) mass is 240 g/mol. The zero-order chi connectivity index (χ0) is 12.7. The van der Waals surface area contributed by atoms with Crippen molar-refractivity contribution in [1.29, 1.82) is 0 Å². The van der Waals surface area contributed by atoms with Gasteiger partial charge in [0.1, 0.15) is 0 Å².